The highest BCUT2D eigenvalue weighted by Gasteiger charge is 2.05. The number of aromatic nitrogens is 1. The number of rotatable bonds is 0. The molecule has 0 saturated carbocycles. The minimum Gasteiger partial charge on any atom is -0.252 e. The highest BCUT2D eigenvalue weighted by molar-refractivity contribution is 5.84. The molecule has 2 aromatic rings. The molecule has 0 unspecified atom stereocenters. The Labute approximate surface area is 89.2 Å². The third kappa shape index (κ3) is 1.57. The molecule has 0 aliphatic rings. The first kappa shape index (κ1) is 9.67. The summed E-state index contributed by atoms with van der Waals surface area (Å²) in [5, 5.41) is 10.0. The Hall–Kier alpha value is -1.88. The van der Waals surface area contributed by atoms with Crippen molar-refractivity contribution >= 4 is 10.9 Å². The van der Waals surface area contributed by atoms with Crippen LogP contribution < -0.4 is 0 Å². The van der Waals surface area contributed by atoms with E-state index in [-0.39, 0.29) is 0 Å². The maximum absolute atomic E-state index is 8.93. The van der Waals surface area contributed by atoms with Crippen LogP contribution in [0.5, 0.6) is 0 Å². The van der Waals surface area contributed by atoms with E-state index in [1.54, 1.807) is 0 Å². The lowest BCUT2D eigenvalue weighted by atomic mass is 10.0. The molecule has 2 rings (SSSR count). The zero-order chi connectivity index (χ0) is 11.0. The quantitative estimate of drug-likeness (QED) is 0.649. The van der Waals surface area contributed by atoms with E-state index in [9.17, 15) is 0 Å². The highest BCUT2D eigenvalue weighted by Crippen LogP contribution is 2.21. The second-order valence-electron chi connectivity index (χ2n) is 3.88. The predicted octanol–water partition coefficient (Wildman–Crippen LogP) is 3.03. The monoisotopic (exact) mass is 196 g/mol. The fourth-order valence-electron chi connectivity index (χ4n) is 1.84. The molecule has 1 aromatic carbocycles. The summed E-state index contributed by atoms with van der Waals surface area (Å²) in [6.45, 7) is 5.98. The average molecular weight is 196 g/mol. The lowest BCUT2D eigenvalue weighted by Gasteiger charge is -2.05. The van der Waals surface area contributed by atoms with Gasteiger partial charge in [-0.15, -0.1) is 0 Å². The second-order valence-corrected chi connectivity index (χ2v) is 3.88. The van der Waals surface area contributed by atoms with Crippen LogP contribution in [-0.2, 0) is 0 Å². The molecule has 0 N–H and O–H groups in total. The Kier molecular flexibility index (Phi) is 2.17. The van der Waals surface area contributed by atoms with Gasteiger partial charge in [-0.25, -0.2) is 0 Å². The molecular formula is C13H12N2. The molecule has 2 heteroatoms. The topological polar surface area (TPSA) is 36.7 Å². The van der Waals surface area contributed by atoms with Crippen molar-refractivity contribution in [1.29, 1.82) is 5.26 Å². The van der Waals surface area contributed by atoms with E-state index in [1.165, 1.54) is 11.1 Å². The van der Waals surface area contributed by atoms with Crippen LogP contribution in [0.2, 0.25) is 0 Å². The SMILES string of the molecule is Cc1cc(C)c2cc(C#N)c(C)nc2c1. The van der Waals surface area contributed by atoms with E-state index in [2.05, 4.69) is 30.1 Å². The Morgan fingerprint density at radius 3 is 2.53 bits per heavy atom. The third-order valence-electron chi connectivity index (χ3n) is 2.60. The van der Waals surface area contributed by atoms with Crippen molar-refractivity contribution in [3.63, 3.8) is 0 Å². The number of nitriles is 1. The molecule has 0 spiro atoms. The molecule has 2 nitrogen and oxygen atoms in total. The molecule has 0 amide bonds. The minimum atomic E-state index is 0.662. The second kappa shape index (κ2) is 3.36. The first-order valence-corrected chi connectivity index (χ1v) is 4.90. The predicted molar refractivity (Wildman–Crippen MR) is 60.7 cm³/mol. The fraction of sp³-hybridized carbons (Fsp3) is 0.231. The van der Waals surface area contributed by atoms with Crippen molar-refractivity contribution in [2.45, 2.75) is 20.8 Å². The van der Waals surface area contributed by atoms with Gasteiger partial charge in [0.1, 0.15) is 6.07 Å². The largest absolute Gasteiger partial charge is 0.252 e. The summed E-state index contributed by atoms with van der Waals surface area (Å²) in [6, 6.07) is 8.25. The lowest BCUT2D eigenvalue weighted by Crippen LogP contribution is -1.91. The van der Waals surface area contributed by atoms with Crippen LogP contribution in [0.15, 0.2) is 18.2 Å². The first-order chi connectivity index (χ1) is 7.11. The van der Waals surface area contributed by atoms with Gasteiger partial charge in [0.05, 0.1) is 16.8 Å². The van der Waals surface area contributed by atoms with Gasteiger partial charge in [0.15, 0.2) is 0 Å². The van der Waals surface area contributed by atoms with Crippen LogP contribution in [0.25, 0.3) is 10.9 Å². The Morgan fingerprint density at radius 2 is 1.87 bits per heavy atom. The number of pyridine rings is 1. The summed E-state index contributed by atoms with van der Waals surface area (Å²) >= 11 is 0. The molecular weight excluding hydrogens is 184 g/mol. The number of aryl methyl sites for hydroxylation is 3. The number of fused-ring (bicyclic) bond motifs is 1. The maximum atomic E-state index is 8.93. The van der Waals surface area contributed by atoms with Gasteiger partial charge in [-0.2, -0.15) is 5.26 Å². The van der Waals surface area contributed by atoms with E-state index in [0.717, 1.165) is 16.6 Å². The zero-order valence-corrected chi connectivity index (χ0v) is 9.13. The Morgan fingerprint density at radius 1 is 1.13 bits per heavy atom. The molecule has 0 atom stereocenters. The summed E-state index contributed by atoms with van der Waals surface area (Å²) in [4.78, 5) is 4.45. The van der Waals surface area contributed by atoms with Crippen LogP contribution in [0.3, 0.4) is 0 Å². The van der Waals surface area contributed by atoms with Gasteiger partial charge in [-0.3, -0.25) is 4.98 Å². The van der Waals surface area contributed by atoms with Crippen LogP contribution in [0, 0.1) is 32.1 Å². The summed E-state index contributed by atoms with van der Waals surface area (Å²) < 4.78 is 0. The van der Waals surface area contributed by atoms with E-state index < -0.39 is 0 Å². The van der Waals surface area contributed by atoms with Crippen molar-refractivity contribution in [1.82, 2.24) is 4.98 Å². The Balaban J connectivity index is 2.89. The highest BCUT2D eigenvalue weighted by atomic mass is 14.7. The molecule has 1 aromatic heterocycles. The van der Waals surface area contributed by atoms with Crippen LogP contribution in [0.1, 0.15) is 22.4 Å². The van der Waals surface area contributed by atoms with E-state index in [4.69, 9.17) is 5.26 Å². The van der Waals surface area contributed by atoms with Gasteiger partial charge in [0, 0.05) is 5.39 Å². The van der Waals surface area contributed by atoms with E-state index in [1.807, 2.05) is 19.9 Å². The fourth-order valence-corrected chi connectivity index (χ4v) is 1.84. The molecule has 0 aliphatic carbocycles. The molecule has 0 saturated heterocycles. The van der Waals surface area contributed by atoms with Gasteiger partial charge in [0.2, 0.25) is 0 Å². The van der Waals surface area contributed by atoms with Crippen LogP contribution in [-0.4, -0.2) is 4.98 Å². The van der Waals surface area contributed by atoms with Crippen molar-refractivity contribution in [2.24, 2.45) is 0 Å². The average Bonchev–Trinajstić information content (AvgIpc) is 2.16. The molecule has 15 heavy (non-hydrogen) atoms. The van der Waals surface area contributed by atoms with E-state index >= 15 is 0 Å². The van der Waals surface area contributed by atoms with Gasteiger partial charge < -0.3 is 0 Å². The normalized spacial score (nSPS) is 10.3. The first-order valence-electron chi connectivity index (χ1n) is 4.90. The number of benzene rings is 1. The third-order valence-corrected chi connectivity index (χ3v) is 2.60. The smallest absolute Gasteiger partial charge is 0.101 e. The molecule has 0 bridgehead atoms. The standard InChI is InChI=1S/C13H12N2/c1-8-4-9(2)12-6-11(7-14)10(3)15-13(12)5-8/h4-6H,1-3H3. The van der Waals surface area contributed by atoms with Crippen molar-refractivity contribution in [3.8, 4) is 6.07 Å². The summed E-state index contributed by atoms with van der Waals surface area (Å²) in [6.07, 6.45) is 0. The summed E-state index contributed by atoms with van der Waals surface area (Å²) in [5.74, 6) is 0. The number of hydrogen-bond acceptors (Lipinski definition) is 2. The number of nitrogens with zero attached hydrogens (tertiary/aromatic N) is 2. The van der Waals surface area contributed by atoms with Gasteiger partial charge in [-0.1, -0.05) is 6.07 Å². The van der Waals surface area contributed by atoms with Crippen molar-refractivity contribution < 1.29 is 0 Å². The number of hydrogen-bond donors (Lipinski definition) is 0. The van der Waals surface area contributed by atoms with Crippen molar-refractivity contribution in [3.05, 3.63) is 40.6 Å². The molecule has 0 radical (unpaired) electrons. The molecule has 0 aliphatic heterocycles. The van der Waals surface area contributed by atoms with Crippen molar-refractivity contribution in [2.75, 3.05) is 0 Å². The van der Waals surface area contributed by atoms with Crippen LogP contribution >= 0.6 is 0 Å². The molecule has 74 valence electrons. The van der Waals surface area contributed by atoms with Gasteiger partial charge in [0.25, 0.3) is 0 Å². The van der Waals surface area contributed by atoms with Gasteiger partial charge in [-0.05, 0) is 44.0 Å². The summed E-state index contributed by atoms with van der Waals surface area (Å²) in [5.41, 5.74) is 4.82. The van der Waals surface area contributed by atoms with E-state index in [0.29, 0.717) is 5.56 Å². The maximum Gasteiger partial charge on any atom is 0.101 e. The summed E-state index contributed by atoms with van der Waals surface area (Å²) in [7, 11) is 0. The molecule has 0 fully saturated rings. The Bertz CT molecular complexity index is 577. The minimum absolute atomic E-state index is 0.662. The molecule has 1 heterocycles. The lowest BCUT2D eigenvalue weighted by molar-refractivity contribution is 1.22. The zero-order valence-electron chi connectivity index (χ0n) is 9.13. The van der Waals surface area contributed by atoms with Gasteiger partial charge >= 0.3 is 0 Å². The van der Waals surface area contributed by atoms with Crippen LogP contribution in [0.4, 0.5) is 0 Å².